The molecule has 180 valence electrons. The second-order valence-corrected chi connectivity index (χ2v) is 9.24. The van der Waals surface area contributed by atoms with Gasteiger partial charge in [0, 0.05) is 48.0 Å². The van der Waals surface area contributed by atoms with Crippen LogP contribution in [0.4, 0.5) is 0 Å². The molecule has 0 radical (unpaired) electrons. The smallest absolute Gasteiger partial charge is 0.109 e. The molecule has 1 aliphatic rings. The minimum absolute atomic E-state index is 0.143. The number of ether oxygens (including phenoxy) is 2. The van der Waals surface area contributed by atoms with Gasteiger partial charge < -0.3 is 14.0 Å². The number of hydrogen-bond acceptors (Lipinski definition) is 4. The minimum atomic E-state index is 0.143. The lowest BCUT2D eigenvalue weighted by Crippen LogP contribution is -2.08. The Morgan fingerprint density at radius 2 is 1.86 bits per heavy atom. The van der Waals surface area contributed by atoms with Gasteiger partial charge in [-0.05, 0) is 50.5 Å². The number of hydrogen-bond donors (Lipinski definition) is 0. The van der Waals surface area contributed by atoms with Crippen molar-refractivity contribution in [1.29, 1.82) is 0 Å². The van der Waals surface area contributed by atoms with Crippen LogP contribution in [0.2, 0.25) is 0 Å². The van der Waals surface area contributed by atoms with E-state index in [1.165, 1.54) is 16.7 Å². The molecule has 5 rings (SSSR count). The van der Waals surface area contributed by atoms with Crippen molar-refractivity contribution in [1.82, 2.24) is 19.3 Å². The highest BCUT2D eigenvalue weighted by molar-refractivity contribution is 5.95. The third-order valence-corrected chi connectivity index (χ3v) is 7.00. The first kappa shape index (κ1) is 23.1. The van der Waals surface area contributed by atoms with Crippen LogP contribution >= 0.6 is 0 Å². The fourth-order valence-corrected chi connectivity index (χ4v) is 4.79. The van der Waals surface area contributed by atoms with E-state index in [2.05, 4.69) is 79.2 Å². The van der Waals surface area contributed by atoms with Crippen molar-refractivity contribution in [3.8, 4) is 11.1 Å². The molecule has 4 aromatic rings. The minimum Gasteiger partial charge on any atom is -0.493 e. The molecule has 1 unspecified atom stereocenters. The van der Waals surface area contributed by atoms with E-state index in [1.807, 2.05) is 24.0 Å². The molecule has 4 heterocycles. The first-order chi connectivity index (χ1) is 17.0. The van der Waals surface area contributed by atoms with Crippen molar-refractivity contribution < 1.29 is 9.47 Å². The standard InChI is InChI=1S/C29H32N4O2/c1-19-18-35-22(4)28(20(19)2)24-13-27-29(30-14-24)26(25-15-31-32(16-25)11-12-34-5)17-33(27)21(3)23-9-7-6-8-10-23/h6-10,13-17,21H,11-12,18H2,1-5H3. The van der Waals surface area contributed by atoms with Crippen molar-refractivity contribution >= 4 is 16.6 Å². The van der Waals surface area contributed by atoms with Gasteiger partial charge in [-0.3, -0.25) is 9.67 Å². The molecule has 35 heavy (non-hydrogen) atoms. The van der Waals surface area contributed by atoms with Crippen LogP contribution in [-0.2, 0) is 16.0 Å². The number of pyridine rings is 1. The zero-order chi connectivity index (χ0) is 24.5. The van der Waals surface area contributed by atoms with Crippen molar-refractivity contribution in [2.45, 2.75) is 40.3 Å². The summed E-state index contributed by atoms with van der Waals surface area (Å²) >= 11 is 0. The molecule has 0 saturated carbocycles. The van der Waals surface area contributed by atoms with Gasteiger partial charge in [0.15, 0.2) is 0 Å². The van der Waals surface area contributed by atoms with Crippen LogP contribution in [0.3, 0.4) is 0 Å². The third-order valence-electron chi connectivity index (χ3n) is 7.00. The number of allylic oxidation sites excluding steroid dienone is 3. The Hall–Kier alpha value is -3.64. The molecule has 0 amide bonds. The third kappa shape index (κ3) is 4.30. The average Bonchev–Trinajstić information content (AvgIpc) is 3.50. The molecule has 0 spiro atoms. The number of rotatable bonds is 7. The van der Waals surface area contributed by atoms with E-state index in [-0.39, 0.29) is 6.04 Å². The number of fused-ring (bicyclic) bond motifs is 1. The van der Waals surface area contributed by atoms with E-state index in [9.17, 15) is 0 Å². The molecule has 1 aromatic carbocycles. The monoisotopic (exact) mass is 468 g/mol. The van der Waals surface area contributed by atoms with Crippen LogP contribution < -0.4 is 0 Å². The summed E-state index contributed by atoms with van der Waals surface area (Å²) in [6, 6.07) is 13.0. The Morgan fingerprint density at radius 3 is 2.63 bits per heavy atom. The zero-order valence-corrected chi connectivity index (χ0v) is 21.1. The van der Waals surface area contributed by atoms with Crippen LogP contribution in [0, 0.1) is 0 Å². The summed E-state index contributed by atoms with van der Waals surface area (Å²) in [4.78, 5) is 5.00. The molecular formula is C29H32N4O2. The van der Waals surface area contributed by atoms with Gasteiger partial charge in [-0.15, -0.1) is 0 Å². The van der Waals surface area contributed by atoms with E-state index in [0.717, 1.165) is 39.1 Å². The van der Waals surface area contributed by atoms with E-state index in [0.29, 0.717) is 19.8 Å². The van der Waals surface area contributed by atoms with Gasteiger partial charge >= 0.3 is 0 Å². The Balaban J connectivity index is 1.67. The summed E-state index contributed by atoms with van der Waals surface area (Å²) in [5.41, 5.74) is 10.2. The van der Waals surface area contributed by atoms with Gasteiger partial charge in [0.2, 0.25) is 0 Å². The molecule has 1 atom stereocenters. The number of nitrogens with zero attached hydrogens (tertiary/aromatic N) is 4. The largest absolute Gasteiger partial charge is 0.493 e. The summed E-state index contributed by atoms with van der Waals surface area (Å²) in [7, 11) is 1.71. The lowest BCUT2D eigenvalue weighted by molar-refractivity contribution is 0.183. The van der Waals surface area contributed by atoms with Crippen LogP contribution in [-0.4, -0.2) is 39.7 Å². The van der Waals surface area contributed by atoms with Gasteiger partial charge in [0.1, 0.15) is 12.4 Å². The Kier molecular flexibility index (Phi) is 6.31. The van der Waals surface area contributed by atoms with E-state index in [1.54, 1.807) is 7.11 Å². The number of benzene rings is 1. The zero-order valence-electron chi connectivity index (χ0n) is 21.1. The summed E-state index contributed by atoms with van der Waals surface area (Å²) in [5, 5.41) is 4.54. The van der Waals surface area contributed by atoms with Gasteiger partial charge in [-0.2, -0.15) is 5.10 Å². The molecule has 0 fully saturated rings. The maximum absolute atomic E-state index is 5.96. The van der Waals surface area contributed by atoms with Crippen molar-refractivity contribution in [2.75, 3.05) is 20.3 Å². The van der Waals surface area contributed by atoms with Gasteiger partial charge in [-0.1, -0.05) is 30.3 Å². The van der Waals surface area contributed by atoms with Crippen molar-refractivity contribution in [3.63, 3.8) is 0 Å². The highest BCUT2D eigenvalue weighted by atomic mass is 16.5. The van der Waals surface area contributed by atoms with Crippen LogP contribution in [0.5, 0.6) is 0 Å². The highest BCUT2D eigenvalue weighted by Crippen LogP contribution is 2.37. The molecule has 0 bridgehead atoms. The molecule has 1 aliphatic heterocycles. The number of methoxy groups -OCH3 is 1. The van der Waals surface area contributed by atoms with Crippen LogP contribution in [0.1, 0.15) is 44.9 Å². The normalized spacial score (nSPS) is 15.1. The first-order valence-corrected chi connectivity index (χ1v) is 12.1. The fraction of sp³-hybridized carbons (Fsp3) is 0.310. The van der Waals surface area contributed by atoms with Gasteiger partial charge in [0.25, 0.3) is 0 Å². The summed E-state index contributed by atoms with van der Waals surface area (Å²) < 4.78 is 15.4. The predicted molar refractivity (Wildman–Crippen MR) is 140 cm³/mol. The Bertz CT molecular complexity index is 1430. The maximum atomic E-state index is 5.96. The quantitative estimate of drug-likeness (QED) is 0.322. The van der Waals surface area contributed by atoms with Crippen molar-refractivity contribution in [2.24, 2.45) is 0 Å². The molecule has 3 aromatic heterocycles. The lowest BCUT2D eigenvalue weighted by Gasteiger charge is -2.22. The average molecular weight is 469 g/mol. The number of aromatic nitrogens is 4. The summed E-state index contributed by atoms with van der Waals surface area (Å²) in [6.07, 6.45) is 8.17. The van der Waals surface area contributed by atoms with Crippen LogP contribution in [0.15, 0.2) is 78.1 Å². The Labute approximate surface area is 206 Å². The highest BCUT2D eigenvalue weighted by Gasteiger charge is 2.22. The molecule has 6 heteroatoms. The predicted octanol–water partition coefficient (Wildman–Crippen LogP) is 6.25. The molecule has 0 N–H and O–H groups in total. The maximum Gasteiger partial charge on any atom is 0.109 e. The second kappa shape index (κ2) is 9.55. The molecule has 0 saturated heterocycles. The van der Waals surface area contributed by atoms with Crippen molar-refractivity contribution in [3.05, 3.63) is 89.2 Å². The van der Waals surface area contributed by atoms with Gasteiger partial charge in [-0.25, -0.2) is 0 Å². The second-order valence-electron chi connectivity index (χ2n) is 9.24. The van der Waals surface area contributed by atoms with Crippen LogP contribution in [0.25, 0.3) is 27.7 Å². The first-order valence-electron chi connectivity index (χ1n) is 12.1. The van der Waals surface area contributed by atoms with E-state index < -0.39 is 0 Å². The fourth-order valence-electron chi connectivity index (χ4n) is 4.79. The molecule has 0 aliphatic carbocycles. The summed E-state index contributed by atoms with van der Waals surface area (Å²) in [5.74, 6) is 0.947. The SMILES string of the molecule is COCCn1cc(-c2cn(C(C)c3ccccc3)c3cc(C4=C(C)OCC(C)=C4C)cnc23)cn1. The summed E-state index contributed by atoms with van der Waals surface area (Å²) in [6.45, 7) is 10.6. The lowest BCUT2D eigenvalue weighted by atomic mass is 9.94. The van der Waals surface area contributed by atoms with Gasteiger partial charge in [0.05, 0.1) is 36.4 Å². The van der Waals surface area contributed by atoms with E-state index >= 15 is 0 Å². The molecule has 6 nitrogen and oxygen atoms in total. The molecular weight excluding hydrogens is 436 g/mol. The topological polar surface area (TPSA) is 54.1 Å². The van der Waals surface area contributed by atoms with E-state index in [4.69, 9.17) is 14.5 Å². The Morgan fingerprint density at radius 1 is 1.06 bits per heavy atom.